The van der Waals surface area contributed by atoms with Gasteiger partial charge in [-0.25, -0.2) is 0 Å². The van der Waals surface area contributed by atoms with Gasteiger partial charge in [0.15, 0.2) is 0 Å². The van der Waals surface area contributed by atoms with Gasteiger partial charge in [-0.3, -0.25) is 0 Å². The van der Waals surface area contributed by atoms with Crippen LogP contribution < -0.4 is 4.90 Å². The minimum absolute atomic E-state index is 0.0784. The van der Waals surface area contributed by atoms with E-state index >= 15 is 0 Å². The molecule has 0 radical (unpaired) electrons. The van der Waals surface area contributed by atoms with Crippen molar-refractivity contribution in [1.82, 2.24) is 0 Å². The summed E-state index contributed by atoms with van der Waals surface area (Å²) in [5, 5.41) is 2.63. The van der Waals surface area contributed by atoms with Crippen LogP contribution in [0.1, 0.15) is 25.0 Å². The Labute approximate surface area is 350 Å². The minimum atomic E-state index is -0.0784. The van der Waals surface area contributed by atoms with Crippen molar-refractivity contribution in [2.75, 3.05) is 4.90 Å². The zero-order valence-electron chi connectivity index (χ0n) is 33.1. The molecule has 0 unspecified atom stereocenters. The van der Waals surface area contributed by atoms with E-state index in [-0.39, 0.29) is 5.41 Å². The third-order valence-electron chi connectivity index (χ3n) is 12.3. The summed E-state index contributed by atoms with van der Waals surface area (Å²) in [4.78, 5) is 2.36. The first-order valence-corrected chi connectivity index (χ1v) is 21.2. The molecule has 0 fully saturated rings. The van der Waals surface area contributed by atoms with E-state index in [0.29, 0.717) is 0 Å². The average molecular weight is 772 g/mol. The fourth-order valence-corrected chi connectivity index (χ4v) is 10.4. The minimum Gasteiger partial charge on any atom is -0.311 e. The molecule has 1 heterocycles. The molecule has 1 nitrogen and oxygen atoms in total. The van der Waals surface area contributed by atoms with Gasteiger partial charge in [0.1, 0.15) is 0 Å². The molecule has 0 saturated heterocycles. The van der Waals surface area contributed by atoms with Crippen molar-refractivity contribution in [3.63, 3.8) is 0 Å². The van der Waals surface area contributed by atoms with Gasteiger partial charge in [0.05, 0.1) is 0 Å². The van der Waals surface area contributed by atoms with Crippen LogP contribution in [0.4, 0.5) is 17.1 Å². The largest absolute Gasteiger partial charge is 0.311 e. The molecular formula is C57H41NS. The number of hydrogen-bond donors (Lipinski definition) is 0. The molecule has 0 aliphatic heterocycles. The summed E-state index contributed by atoms with van der Waals surface area (Å²) < 4.78 is 2.63. The monoisotopic (exact) mass is 771 g/mol. The van der Waals surface area contributed by atoms with Crippen LogP contribution in [-0.4, -0.2) is 0 Å². The predicted octanol–water partition coefficient (Wildman–Crippen LogP) is 16.5. The van der Waals surface area contributed by atoms with E-state index in [0.717, 1.165) is 17.1 Å². The van der Waals surface area contributed by atoms with Crippen molar-refractivity contribution in [2.45, 2.75) is 19.3 Å². The molecule has 1 aromatic heterocycles. The van der Waals surface area contributed by atoms with Crippen LogP contribution >= 0.6 is 11.3 Å². The summed E-state index contributed by atoms with van der Waals surface area (Å²) in [7, 11) is 0. The summed E-state index contributed by atoms with van der Waals surface area (Å²) in [6.07, 6.45) is 0. The van der Waals surface area contributed by atoms with Crippen LogP contribution in [0, 0.1) is 0 Å². The Balaban J connectivity index is 1.03. The topological polar surface area (TPSA) is 3.24 Å². The van der Waals surface area contributed by atoms with Crippen LogP contribution in [0.5, 0.6) is 0 Å². The van der Waals surface area contributed by atoms with Crippen molar-refractivity contribution in [2.24, 2.45) is 0 Å². The Morgan fingerprint density at radius 3 is 1.42 bits per heavy atom. The molecule has 0 amide bonds. The quantitative estimate of drug-likeness (QED) is 0.156. The maximum atomic E-state index is 2.46. The van der Waals surface area contributed by atoms with Gasteiger partial charge in [0, 0.05) is 42.6 Å². The Kier molecular flexibility index (Phi) is 8.43. The van der Waals surface area contributed by atoms with E-state index in [9.17, 15) is 0 Å². The molecule has 10 aromatic rings. The summed E-state index contributed by atoms with van der Waals surface area (Å²) in [6.45, 7) is 4.74. The van der Waals surface area contributed by atoms with E-state index < -0.39 is 0 Å². The molecule has 1 aliphatic rings. The van der Waals surface area contributed by atoms with Gasteiger partial charge in [0.25, 0.3) is 0 Å². The second kappa shape index (κ2) is 14.1. The Hall–Kier alpha value is -7.00. The number of fused-ring (bicyclic) bond motifs is 6. The standard InChI is InChI=1S/C57H41NS/c1-57(2)53-19-11-9-17-47(53)48-34-27-43(35-54(48)57)50-36-52-49-18-10-12-20-55(49)59-56(52)37-51(50)42-25-32-46(33-26-42)58(44-28-21-40(22-29-44)38-13-5-3-6-14-38)45-30-23-41(24-31-45)39-15-7-4-8-16-39/h3-37H,1-2H3. The zero-order valence-corrected chi connectivity index (χ0v) is 33.9. The normalized spacial score (nSPS) is 12.7. The number of rotatable bonds is 7. The second-order valence-corrected chi connectivity index (χ2v) is 17.2. The lowest BCUT2D eigenvalue weighted by Crippen LogP contribution is -2.14. The van der Waals surface area contributed by atoms with Crippen molar-refractivity contribution in [1.29, 1.82) is 0 Å². The number of nitrogens with zero attached hydrogens (tertiary/aromatic N) is 1. The third-order valence-corrected chi connectivity index (χ3v) is 13.4. The van der Waals surface area contributed by atoms with Gasteiger partial charge in [-0.15, -0.1) is 11.3 Å². The van der Waals surface area contributed by atoms with Crippen LogP contribution in [0.3, 0.4) is 0 Å². The fraction of sp³-hybridized carbons (Fsp3) is 0.0526. The second-order valence-electron chi connectivity index (χ2n) is 16.1. The Morgan fingerprint density at radius 2 is 0.797 bits per heavy atom. The fourth-order valence-electron chi connectivity index (χ4n) is 9.23. The number of anilines is 3. The predicted molar refractivity (Wildman–Crippen MR) is 253 cm³/mol. The SMILES string of the molecule is CC1(C)c2ccccc2-c2ccc(-c3cc4c(cc3-c3ccc(N(c5ccc(-c6ccccc6)cc5)c5ccc(-c6ccccc6)cc5)cc3)sc3ccccc34)cc21. The molecule has 280 valence electrons. The summed E-state index contributed by atoms with van der Waals surface area (Å²) in [6, 6.07) is 78.0. The first kappa shape index (κ1) is 35.2. The first-order chi connectivity index (χ1) is 29.0. The van der Waals surface area contributed by atoms with E-state index in [4.69, 9.17) is 0 Å². The lowest BCUT2D eigenvalue weighted by Gasteiger charge is -2.26. The summed E-state index contributed by atoms with van der Waals surface area (Å²) in [5.41, 5.74) is 18.5. The van der Waals surface area contributed by atoms with E-state index in [1.807, 2.05) is 11.3 Å². The highest BCUT2D eigenvalue weighted by molar-refractivity contribution is 7.25. The Bertz CT molecular complexity index is 3060. The smallest absolute Gasteiger partial charge is 0.0462 e. The zero-order chi connectivity index (χ0) is 39.5. The molecule has 11 rings (SSSR count). The average Bonchev–Trinajstić information content (AvgIpc) is 3.78. The number of hydrogen-bond acceptors (Lipinski definition) is 2. The highest BCUT2D eigenvalue weighted by Crippen LogP contribution is 2.51. The van der Waals surface area contributed by atoms with Crippen LogP contribution in [0.2, 0.25) is 0 Å². The van der Waals surface area contributed by atoms with Gasteiger partial charge < -0.3 is 4.90 Å². The van der Waals surface area contributed by atoms with E-state index in [2.05, 4.69) is 231 Å². The molecule has 0 bridgehead atoms. The van der Waals surface area contributed by atoms with Crippen molar-refractivity contribution < 1.29 is 0 Å². The van der Waals surface area contributed by atoms with Crippen molar-refractivity contribution in [3.05, 3.63) is 223 Å². The van der Waals surface area contributed by atoms with Gasteiger partial charge in [-0.2, -0.15) is 0 Å². The lowest BCUT2D eigenvalue weighted by atomic mass is 9.81. The van der Waals surface area contributed by atoms with Crippen LogP contribution in [0.25, 0.3) is 75.8 Å². The van der Waals surface area contributed by atoms with E-state index in [1.54, 1.807) is 0 Å². The van der Waals surface area contributed by atoms with Crippen molar-refractivity contribution in [3.8, 4) is 55.6 Å². The summed E-state index contributed by atoms with van der Waals surface area (Å²) >= 11 is 1.88. The molecule has 1 aliphatic carbocycles. The highest BCUT2D eigenvalue weighted by Gasteiger charge is 2.35. The van der Waals surface area contributed by atoms with Gasteiger partial charge in [-0.1, -0.05) is 166 Å². The lowest BCUT2D eigenvalue weighted by molar-refractivity contribution is 0.660. The maximum Gasteiger partial charge on any atom is 0.0462 e. The Morgan fingerprint density at radius 1 is 0.322 bits per heavy atom. The maximum absolute atomic E-state index is 2.46. The number of benzene rings is 9. The van der Waals surface area contributed by atoms with Gasteiger partial charge in [0.2, 0.25) is 0 Å². The molecule has 59 heavy (non-hydrogen) atoms. The molecule has 0 saturated carbocycles. The van der Waals surface area contributed by atoms with E-state index in [1.165, 1.54) is 86.9 Å². The van der Waals surface area contributed by atoms with Crippen LogP contribution in [0.15, 0.2) is 212 Å². The third kappa shape index (κ3) is 6.07. The molecule has 0 spiro atoms. The highest BCUT2D eigenvalue weighted by atomic mass is 32.1. The molecule has 2 heteroatoms. The summed E-state index contributed by atoms with van der Waals surface area (Å²) in [5.74, 6) is 0. The molecule has 9 aromatic carbocycles. The van der Waals surface area contributed by atoms with Gasteiger partial charge >= 0.3 is 0 Å². The molecular weight excluding hydrogens is 731 g/mol. The number of thiophene rings is 1. The first-order valence-electron chi connectivity index (χ1n) is 20.4. The molecule has 0 N–H and O–H groups in total. The van der Waals surface area contributed by atoms with Gasteiger partial charge in [-0.05, 0) is 127 Å². The van der Waals surface area contributed by atoms with Crippen molar-refractivity contribution >= 4 is 48.6 Å². The molecule has 0 atom stereocenters. The van der Waals surface area contributed by atoms with Crippen LogP contribution in [-0.2, 0) is 5.41 Å².